The molecule has 4 atom stereocenters. The topological polar surface area (TPSA) is 80.3 Å². The van der Waals surface area contributed by atoms with Crippen LogP contribution in [0.5, 0.6) is 0 Å². The number of benzene rings is 2. The van der Waals surface area contributed by atoms with Crippen LogP contribution in [0.25, 0.3) is 12.2 Å². The summed E-state index contributed by atoms with van der Waals surface area (Å²) in [6.07, 6.45) is 11.7. The van der Waals surface area contributed by atoms with Crippen molar-refractivity contribution in [3.63, 3.8) is 0 Å². The molecule has 0 radical (unpaired) electrons. The molecule has 204 valence electrons. The first-order valence-electron chi connectivity index (χ1n) is 13.6. The van der Waals surface area contributed by atoms with Gasteiger partial charge in [0.25, 0.3) is 0 Å². The zero-order valence-corrected chi connectivity index (χ0v) is 26.6. The number of carbonyl (C=O) groups excluding carboxylic acids is 2. The van der Waals surface area contributed by atoms with Gasteiger partial charge in [0.2, 0.25) is 0 Å². The van der Waals surface area contributed by atoms with Gasteiger partial charge in [-0.25, -0.2) is 0 Å². The van der Waals surface area contributed by atoms with Gasteiger partial charge in [-0.05, 0) is 59.5 Å². The van der Waals surface area contributed by atoms with Crippen LogP contribution >= 0.6 is 0 Å². The largest absolute Gasteiger partial charge is 2.00 e. The summed E-state index contributed by atoms with van der Waals surface area (Å²) in [7, 11) is 0. The normalized spacial score (nSPS) is 29.0. The summed E-state index contributed by atoms with van der Waals surface area (Å²) in [4.78, 5) is 22.8. The second kappa shape index (κ2) is 13.2. The molecule has 2 aromatic rings. The van der Waals surface area contributed by atoms with E-state index >= 15 is 0 Å². The average molecular weight is 555 g/mol. The first-order valence-corrected chi connectivity index (χ1v) is 13.6. The van der Waals surface area contributed by atoms with Crippen molar-refractivity contribution in [3.05, 3.63) is 83.9 Å². The second-order valence-corrected chi connectivity index (χ2v) is 12.5. The molecular formula is C34H42CaO4. The van der Waals surface area contributed by atoms with Gasteiger partial charge in [-0.3, -0.25) is 0 Å². The van der Waals surface area contributed by atoms with Crippen molar-refractivity contribution < 1.29 is 19.8 Å². The van der Waals surface area contributed by atoms with E-state index in [2.05, 4.69) is 48.6 Å². The second-order valence-electron chi connectivity index (χ2n) is 12.5. The molecule has 5 heteroatoms. The van der Waals surface area contributed by atoms with Crippen molar-refractivity contribution >= 4 is 61.8 Å². The molecule has 2 aliphatic rings. The molecular weight excluding hydrogens is 512 g/mol. The molecule has 0 spiro atoms. The summed E-state index contributed by atoms with van der Waals surface area (Å²) < 4.78 is 0. The fourth-order valence-electron chi connectivity index (χ4n) is 6.06. The van der Waals surface area contributed by atoms with E-state index in [0.717, 1.165) is 24.0 Å². The van der Waals surface area contributed by atoms with E-state index in [1.54, 1.807) is 0 Å². The predicted octanol–water partition coefficient (Wildman–Crippen LogP) is 5.40. The summed E-state index contributed by atoms with van der Waals surface area (Å²) in [5.74, 6) is -1.30. The maximum absolute atomic E-state index is 11.4. The van der Waals surface area contributed by atoms with Gasteiger partial charge in [0, 0.05) is 22.8 Å². The van der Waals surface area contributed by atoms with Crippen LogP contribution in [0.3, 0.4) is 0 Å². The molecule has 4 nitrogen and oxygen atoms in total. The first-order chi connectivity index (χ1) is 17.8. The van der Waals surface area contributed by atoms with Gasteiger partial charge in [-0.2, -0.15) is 0 Å². The Morgan fingerprint density at radius 1 is 0.641 bits per heavy atom. The molecule has 2 aromatic carbocycles. The molecule has 0 N–H and O–H groups in total. The van der Waals surface area contributed by atoms with Gasteiger partial charge in [-0.15, -0.1) is 0 Å². The van der Waals surface area contributed by atoms with Crippen LogP contribution in [0.2, 0.25) is 0 Å². The molecule has 2 aliphatic carbocycles. The zero-order chi connectivity index (χ0) is 28.2. The molecule has 0 bridgehead atoms. The van der Waals surface area contributed by atoms with Gasteiger partial charge in [0.15, 0.2) is 0 Å². The molecule has 0 saturated heterocycles. The van der Waals surface area contributed by atoms with Gasteiger partial charge >= 0.3 is 37.7 Å². The fourth-order valence-corrected chi connectivity index (χ4v) is 6.06. The van der Waals surface area contributed by atoms with E-state index in [9.17, 15) is 19.8 Å². The Morgan fingerprint density at radius 2 is 0.949 bits per heavy atom. The van der Waals surface area contributed by atoms with Crippen LogP contribution in [-0.4, -0.2) is 49.7 Å². The third-order valence-corrected chi connectivity index (χ3v) is 10.2. The third-order valence-electron chi connectivity index (χ3n) is 10.2. The Bertz CT molecular complexity index is 1070. The minimum atomic E-state index is -0.923. The Balaban J connectivity index is 0.000000267. The van der Waals surface area contributed by atoms with Crippen LogP contribution in [0, 0.1) is 33.5 Å². The van der Waals surface area contributed by atoms with Crippen LogP contribution in [0.1, 0.15) is 78.4 Å². The van der Waals surface area contributed by atoms with Crippen molar-refractivity contribution in [2.45, 2.75) is 67.2 Å². The number of carboxylic acid groups (broad SMARTS) is 2. The number of carbonyl (C=O) groups is 2. The minimum Gasteiger partial charge on any atom is -0.550 e. The average Bonchev–Trinajstić information content (AvgIpc) is 3.26. The third kappa shape index (κ3) is 6.89. The van der Waals surface area contributed by atoms with E-state index in [4.69, 9.17) is 0 Å². The summed E-state index contributed by atoms with van der Waals surface area (Å²) >= 11 is 0. The molecule has 0 amide bonds. The molecule has 0 heterocycles. The number of allylic oxidation sites excluding steroid dienone is 2. The molecule has 0 aliphatic heterocycles. The maximum Gasteiger partial charge on any atom is 2.00 e. The van der Waals surface area contributed by atoms with Crippen molar-refractivity contribution in [1.82, 2.24) is 0 Å². The number of aliphatic carboxylic acids is 2. The van der Waals surface area contributed by atoms with Crippen LogP contribution in [0.15, 0.2) is 72.8 Å². The van der Waals surface area contributed by atoms with E-state index in [1.807, 2.05) is 77.9 Å². The molecule has 4 rings (SSSR count). The van der Waals surface area contributed by atoms with Crippen molar-refractivity contribution in [2.75, 3.05) is 0 Å². The van der Waals surface area contributed by atoms with E-state index < -0.39 is 22.8 Å². The van der Waals surface area contributed by atoms with E-state index in [1.165, 1.54) is 0 Å². The number of carboxylic acids is 2. The van der Waals surface area contributed by atoms with Crippen LogP contribution < -0.4 is 10.2 Å². The quantitative estimate of drug-likeness (QED) is 0.448. The Kier molecular flexibility index (Phi) is 11.3. The summed E-state index contributed by atoms with van der Waals surface area (Å²) in [5.41, 5.74) is 0.270. The van der Waals surface area contributed by atoms with Crippen molar-refractivity contribution in [2.24, 2.45) is 33.5 Å². The Morgan fingerprint density at radius 3 is 1.21 bits per heavy atom. The monoisotopic (exact) mass is 554 g/mol. The molecule has 2 fully saturated rings. The van der Waals surface area contributed by atoms with Crippen LogP contribution in [-0.2, 0) is 9.59 Å². The van der Waals surface area contributed by atoms with Gasteiger partial charge in [-0.1, -0.05) is 127 Å². The molecule has 4 unspecified atom stereocenters. The van der Waals surface area contributed by atoms with Crippen LogP contribution in [0.4, 0.5) is 0 Å². The van der Waals surface area contributed by atoms with Gasteiger partial charge in [0.05, 0.1) is 0 Å². The van der Waals surface area contributed by atoms with Gasteiger partial charge < -0.3 is 19.8 Å². The smallest absolute Gasteiger partial charge is 0.550 e. The summed E-state index contributed by atoms with van der Waals surface area (Å²) in [6.45, 7) is 11.8. The van der Waals surface area contributed by atoms with Crippen molar-refractivity contribution in [3.8, 4) is 0 Å². The zero-order valence-electron chi connectivity index (χ0n) is 24.4. The maximum atomic E-state index is 11.4. The summed E-state index contributed by atoms with van der Waals surface area (Å²) in [5, 5.41) is 22.8. The van der Waals surface area contributed by atoms with E-state index in [-0.39, 0.29) is 60.4 Å². The SMILES string of the molecule is CC1(C(=O)[O-])CCC(/C=C/c2ccccc2)C1(C)C.CC1(C(=O)[O-])CCC(/C=C/c2ccccc2)C1(C)C.[Ca+2]. The Labute approximate surface area is 264 Å². The molecule has 2 saturated carbocycles. The van der Waals surface area contributed by atoms with Crippen molar-refractivity contribution in [1.29, 1.82) is 0 Å². The predicted molar refractivity (Wildman–Crippen MR) is 156 cm³/mol. The fraction of sp³-hybridized carbons (Fsp3) is 0.471. The summed E-state index contributed by atoms with van der Waals surface area (Å²) in [6, 6.07) is 20.2. The first kappa shape index (κ1) is 33.3. The number of rotatable bonds is 6. The minimum absolute atomic E-state index is 0. The number of hydrogen-bond donors (Lipinski definition) is 0. The molecule has 0 aromatic heterocycles. The molecule has 39 heavy (non-hydrogen) atoms. The van der Waals surface area contributed by atoms with E-state index in [0.29, 0.717) is 12.8 Å². The standard InChI is InChI=1S/2C17H22O2.Ca/c2*1-16(2)14(11-12-17(16,3)15(18)19)10-9-13-7-5-4-6-8-13;/h2*4-10,14H,11-12H2,1-3H3,(H,18,19);/q;;+2/p-2/b2*10-9+;. The van der Waals surface area contributed by atoms with Gasteiger partial charge in [0.1, 0.15) is 0 Å². The Hall–Kier alpha value is -1.88. The number of hydrogen-bond acceptors (Lipinski definition) is 4.